The molecule has 1 fully saturated rings. The van der Waals surface area contributed by atoms with Gasteiger partial charge in [-0.05, 0) is 50.1 Å². The van der Waals surface area contributed by atoms with Crippen molar-refractivity contribution in [3.8, 4) is 17.2 Å². The second-order valence-corrected chi connectivity index (χ2v) is 9.52. The molecule has 2 aliphatic rings. The fraction of sp³-hybridized carbons (Fsp3) is 0.455. The first kappa shape index (κ1) is 21.0. The Morgan fingerprint density at radius 2 is 1.93 bits per heavy atom. The van der Waals surface area contributed by atoms with Gasteiger partial charge < -0.3 is 14.2 Å². The van der Waals surface area contributed by atoms with Crippen LogP contribution in [0.5, 0.6) is 17.2 Å². The van der Waals surface area contributed by atoms with Gasteiger partial charge in [0.25, 0.3) is 0 Å². The van der Waals surface area contributed by atoms with Crippen LogP contribution in [-0.4, -0.2) is 59.3 Å². The summed E-state index contributed by atoms with van der Waals surface area (Å²) in [6.07, 6.45) is 0.966. The maximum atomic E-state index is 12.5. The number of nitrogens with one attached hydrogen (secondary N) is 1. The molecule has 1 saturated heterocycles. The number of hydrogen-bond donors (Lipinski definition) is 1. The zero-order valence-corrected chi connectivity index (χ0v) is 18.0. The lowest BCUT2D eigenvalue weighted by atomic mass is 10.1. The maximum Gasteiger partial charge on any atom is 0.240 e. The van der Waals surface area contributed by atoms with E-state index in [1.165, 1.54) is 0 Å². The topological polar surface area (TPSA) is 77.1 Å². The van der Waals surface area contributed by atoms with E-state index in [1.54, 1.807) is 12.1 Å². The predicted octanol–water partition coefficient (Wildman–Crippen LogP) is 2.45. The Balaban J connectivity index is 1.22. The highest BCUT2D eigenvalue weighted by Gasteiger charge is 2.25. The van der Waals surface area contributed by atoms with Gasteiger partial charge in [0.2, 0.25) is 15.8 Å². The van der Waals surface area contributed by atoms with E-state index in [-0.39, 0.29) is 0 Å². The van der Waals surface area contributed by atoms with Gasteiger partial charge in [0.15, 0.2) is 11.5 Å². The van der Waals surface area contributed by atoms with E-state index in [1.807, 2.05) is 37.3 Å². The molecule has 30 heavy (non-hydrogen) atoms. The van der Waals surface area contributed by atoms with E-state index in [0.29, 0.717) is 48.7 Å². The molecule has 0 bridgehead atoms. The minimum absolute atomic E-state index is 0.298. The number of rotatable bonds is 8. The minimum Gasteiger partial charge on any atom is -0.488 e. The molecule has 0 amide bonds. The van der Waals surface area contributed by atoms with Crippen LogP contribution in [0.2, 0.25) is 0 Å². The van der Waals surface area contributed by atoms with Crippen LogP contribution in [0.25, 0.3) is 0 Å². The van der Waals surface area contributed by atoms with E-state index < -0.39 is 10.0 Å². The Morgan fingerprint density at radius 3 is 2.77 bits per heavy atom. The normalized spacial score (nSPS) is 19.0. The number of benzene rings is 2. The lowest BCUT2D eigenvalue weighted by Crippen LogP contribution is -2.32. The Bertz CT molecular complexity index is 962. The molecule has 2 heterocycles. The Hall–Kier alpha value is -2.29. The van der Waals surface area contributed by atoms with Gasteiger partial charge in [-0.15, -0.1) is 0 Å². The van der Waals surface area contributed by atoms with Crippen molar-refractivity contribution in [2.24, 2.45) is 5.92 Å². The second-order valence-electron chi connectivity index (χ2n) is 7.75. The van der Waals surface area contributed by atoms with E-state index in [2.05, 4.69) is 9.62 Å². The molecule has 1 atom stereocenters. The van der Waals surface area contributed by atoms with Crippen molar-refractivity contribution in [1.82, 2.24) is 9.62 Å². The molecule has 0 saturated carbocycles. The molecule has 7 nitrogen and oxygen atoms in total. The summed E-state index contributed by atoms with van der Waals surface area (Å²) in [4.78, 5) is 2.62. The summed E-state index contributed by atoms with van der Waals surface area (Å²) < 4.78 is 44.9. The smallest absolute Gasteiger partial charge is 0.240 e. The molecule has 4 rings (SSSR count). The molecule has 0 radical (unpaired) electrons. The monoisotopic (exact) mass is 432 g/mol. The molecule has 2 aromatic rings. The van der Waals surface area contributed by atoms with E-state index in [0.717, 1.165) is 37.4 Å². The minimum atomic E-state index is -3.46. The highest BCUT2D eigenvalue weighted by molar-refractivity contribution is 7.89. The Kier molecular flexibility index (Phi) is 6.46. The average Bonchev–Trinajstić information content (AvgIpc) is 3.21. The molecule has 0 aromatic heterocycles. The van der Waals surface area contributed by atoms with Gasteiger partial charge in [0, 0.05) is 19.6 Å². The van der Waals surface area contributed by atoms with Crippen LogP contribution in [0.15, 0.2) is 47.4 Å². The molecule has 0 aliphatic carbocycles. The second kappa shape index (κ2) is 9.24. The van der Waals surface area contributed by atoms with Crippen LogP contribution in [0, 0.1) is 12.8 Å². The van der Waals surface area contributed by atoms with Crippen LogP contribution in [0.4, 0.5) is 0 Å². The van der Waals surface area contributed by atoms with Crippen molar-refractivity contribution in [3.63, 3.8) is 0 Å². The SMILES string of the molecule is Cc1ccc(S(=O)(=O)NCC2CCN(CCOc3cccc4c3OCCO4)C2)cc1. The molecule has 1 N–H and O–H groups in total. The lowest BCUT2D eigenvalue weighted by Gasteiger charge is -2.22. The zero-order chi connectivity index (χ0) is 21.0. The number of likely N-dealkylation sites (tertiary alicyclic amines) is 1. The van der Waals surface area contributed by atoms with Crippen LogP contribution in [-0.2, 0) is 10.0 Å². The summed E-state index contributed by atoms with van der Waals surface area (Å²) in [6.45, 7) is 6.59. The first-order chi connectivity index (χ1) is 14.5. The van der Waals surface area contributed by atoms with Crippen LogP contribution >= 0.6 is 0 Å². The predicted molar refractivity (Wildman–Crippen MR) is 114 cm³/mol. The van der Waals surface area contributed by atoms with Crippen molar-refractivity contribution >= 4 is 10.0 Å². The average molecular weight is 433 g/mol. The van der Waals surface area contributed by atoms with E-state index in [9.17, 15) is 8.42 Å². The summed E-state index contributed by atoms with van der Waals surface area (Å²) in [6, 6.07) is 12.6. The first-order valence-corrected chi connectivity index (χ1v) is 11.8. The summed E-state index contributed by atoms with van der Waals surface area (Å²) in [5.41, 5.74) is 1.04. The quantitative estimate of drug-likeness (QED) is 0.691. The van der Waals surface area contributed by atoms with Crippen LogP contribution in [0.1, 0.15) is 12.0 Å². The molecule has 2 aliphatic heterocycles. The number of fused-ring (bicyclic) bond motifs is 1. The summed E-state index contributed by atoms with van der Waals surface area (Å²) in [5, 5.41) is 0. The zero-order valence-electron chi connectivity index (χ0n) is 17.2. The number of para-hydroxylation sites is 1. The number of hydrogen-bond acceptors (Lipinski definition) is 6. The van der Waals surface area contributed by atoms with Crippen molar-refractivity contribution in [1.29, 1.82) is 0 Å². The Labute approximate surface area is 178 Å². The molecule has 0 spiro atoms. The summed E-state index contributed by atoms with van der Waals surface area (Å²) in [5.74, 6) is 2.40. The van der Waals surface area contributed by atoms with Gasteiger partial charge in [-0.25, -0.2) is 13.1 Å². The summed E-state index contributed by atoms with van der Waals surface area (Å²) in [7, 11) is -3.46. The molecule has 8 heteroatoms. The van der Waals surface area contributed by atoms with Gasteiger partial charge in [-0.2, -0.15) is 0 Å². The van der Waals surface area contributed by atoms with Gasteiger partial charge in [-0.1, -0.05) is 23.8 Å². The lowest BCUT2D eigenvalue weighted by molar-refractivity contribution is 0.158. The van der Waals surface area contributed by atoms with E-state index in [4.69, 9.17) is 14.2 Å². The van der Waals surface area contributed by atoms with Crippen molar-refractivity contribution in [3.05, 3.63) is 48.0 Å². The number of aryl methyl sites for hydroxylation is 1. The van der Waals surface area contributed by atoms with Crippen molar-refractivity contribution in [2.45, 2.75) is 18.2 Å². The summed E-state index contributed by atoms with van der Waals surface area (Å²) >= 11 is 0. The molecular formula is C22H28N2O5S. The van der Waals surface area contributed by atoms with Crippen molar-refractivity contribution < 1.29 is 22.6 Å². The van der Waals surface area contributed by atoms with Gasteiger partial charge in [0.05, 0.1) is 4.90 Å². The van der Waals surface area contributed by atoms with Crippen molar-refractivity contribution in [2.75, 3.05) is 46.0 Å². The largest absolute Gasteiger partial charge is 0.488 e. The molecule has 162 valence electrons. The highest BCUT2D eigenvalue weighted by atomic mass is 32.2. The third-order valence-electron chi connectivity index (χ3n) is 5.46. The molecule has 1 unspecified atom stereocenters. The van der Waals surface area contributed by atoms with Gasteiger partial charge in [-0.3, -0.25) is 4.90 Å². The van der Waals surface area contributed by atoms with Gasteiger partial charge in [0.1, 0.15) is 19.8 Å². The fourth-order valence-electron chi connectivity index (χ4n) is 3.76. The van der Waals surface area contributed by atoms with Gasteiger partial charge >= 0.3 is 0 Å². The fourth-order valence-corrected chi connectivity index (χ4v) is 4.87. The van der Waals surface area contributed by atoms with E-state index >= 15 is 0 Å². The van der Waals surface area contributed by atoms with Crippen LogP contribution in [0.3, 0.4) is 0 Å². The number of nitrogens with zero attached hydrogens (tertiary/aromatic N) is 1. The number of ether oxygens (including phenoxy) is 3. The third-order valence-corrected chi connectivity index (χ3v) is 6.90. The molecular weight excluding hydrogens is 404 g/mol. The number of sulfonamides is 1. The maximum absolute atomic E-state index is 12.5. The first-order valence-electron chi connectivity index (χ1n) is 10.3. The third kappa shape index (κ3) is 5.06. The highest BCUT2D eigenvalue weighted by Crippen LogP contribution is 2.38. The van der Waals surface area contributed by atoms with Crippen LogP contribution < -0.4 is 18.9 Å². The molecule has 2 aromatic carbocycles. The standard InChI is InChI=1S/C22H28N2O5S/c1-17-5-7-19(8-6-17)30(25,26)23-15-18-9-10-24(16-18)11-12-27-20-3-2-4-21-22(20)29-14-13-28-21/h2-8,18,23H,9-16H2,1H3. The Morgan fingerprint density at radius 1 is 1.13 bits per heavy atom.